The van der Waals surface area contributed by atoms with Gasteiger partial charge < -0.3 is 0 Å². The Morgan fingerprint density at radius 2 is 0.771 bits per heavy atom. The molecule has 0 aliphatic carbocycles. The van der Waals surface area contributed by atoms with E-state index < -0.39 is 0 Å². The fourth-order valence-corrected chi connectivity index (χ4v) is 5.51. The van der Waals surface area contributed by atoms with Crippen LogP contribution in [-0.2, 0) is 0 Å². The molecule has 0 bridgehead atoms. The second-order valence-corrected chi connectivity index (χ2v) is 9.54. The van der Waals surface area contributed by atoms with Crippen LogP contribution in [0.3, 0.4) is 0 Å². The molecule has 0 unspecified atom stereocenters. The van der Waals surface area contributed by atoms with Gasteiger partial charge in [0.05, 0.1) is 0 Å². The van der Waals surface area contributed by atoms with Crippen molar-refractivity contribution in [1.29, 1.82) is 0 Å². The highest BCUT2D eigenvalue weighted by atomic mass is 79.9. The zero-order valence-electron chi connectivity index (χ0n) is 19.2. The minimum Gasteiger partial charge on any atom is -0.0622 e. The maximum atomic E-state index is 3.62. The standard InChI is InChI=1S/C20H14.C14H9Br/c1-2-8-15(9-3-1)20-14-16-10-4-5-11-17(16)18-12-6-7-13-19(18)20;15-14-9-10-5-1-2-6-11(10)12-7-3-4-8-13(12)14/h1-14H;1-9H. The van der Waals surface area contributed by atoms with Gasteiger partial charge in [-0.2, -0.15) is 0 Å². The van der Waals surface area contributed by atoms with Crippen molar-refractivity contribution in [2.24, 2.45) is 0 Å². The molecular formula is C34H23Br. The van der Waals surface area contributed by atoms with E-state index in [2.05, 4.69) is 155 Å². The molecule has 166 valence electrons. The molecule has 0 atom stereocenters. The smallest absolute Gasteiger partial charge is 0.0260 e. The van der Waals surface area contributed by atoms with Crippen molar-refractivity contribution < 1.29 is 0 Å². The van der Waals surface area contributed by atoms with Crippen LogP contribution in [0.25, 0.3) is 54.2 Å². The number of rotatable bonds is 1. The second-order valence-electron chi connectivity index (χ2n) is 8.68. The van der Waals surface area contributed by atoms with Gasteiger partial charge in [0.1, 0.15) is 0 Å². The quantitative estimate of drug-likeness (QED) is 0.192. The third kappa shape index (κ3) is 4.09. The monoisotopic (exact) mass is 510 g/mol. The molecule has 7 aromatic carbocycles. The molecule has 7 aromatic rings. The lowest BCUT2D eigenvalue weighted by Gasteiger charge is -2.10. The molecule has 7 rings (SSSR count). The normalized spacial score (nSPS) is 11.0. The van der Waals surface area contributed by atoms with Gasteiger partial charge in [0, 0.05) is 4.47 Å². The van der Waals surface area contributed by atoms with Gasteiger partial charge >= 0.3 is 0 Å². The topological polar surface area (TPSA) is 0 Å². The van der Waals surface area contributed by atoms with E-state index in [1.54, 1.807) is 0 Å². The van der Waals surface area contributed by atoms with Gasteiger partial charge in [-0.15, -0.1) is 0 Å². The Kier molecular flexibility index (Phi) is 5.78. The molecule has 0 fully saturated rings. The van der Waals surface area contributed by atoms with E-state index in [0.717, 1.165) is 4.47 Å². The van der Waals surface area contributed by atoms with E-state index in [4.69, 9.17) is 0 Å². The Labute approximate surface area is 213 Å². The summed E-state index contributed by atoms with van der Waals surface area (Å²) in [6.07, 6.45) is 0. The molecule has 0 aliphatic rings. The lowest BCUT2D eigenvalue weighted by molar-refractivity contribution is 1.66. The van der Waals surface area contributed by atoms with Crippen molar-refractivity contribution in [2.75, 3.05) is 0 Å². The molecule has 0 nitrogen and oxygen atoms in total. The van der Waals surface area contributed by atoms with Gasteiger partial charge in [-0.3, -0.25) is 0 Å². The number of fused-ring (bicyclic) bond motifs is 6. The van der Waals surface area contributed by atoms with Crippen molar-refractivity contribution in [1.82, 2.24) is 0 Å². The van der Waals surface area contributed by atoms with Crippen LogP contribution in [0.5, 0.6) is 0 Å². The first-order valence-corrected chi connectivity index (χ1v) is 12.6. The summed E-state index contributed by atoms with van der Waals surface area (Å²) in [4.78, 5) is 0. The number of hydrogen-bond donors (Lipinski definition) is 0. The Morgan fingerprint density at radius 1 is 0.343 bits per heavy atom. The van der Waals surface area contributed by atoms with E-state index >= 15 is 0 Å². The van der Waals surface area contributed by atoms with E-state index in [0.29, 0.717) is 0 Å². The van der Waals surface area contributed by atoms with E-state index in [1.165, 1.54) is 54.2 Å². The van der Waals surface area contributed by atoms with Crippen LogP contribution in [0, 0.1) is 0 Å². The molecule has 35 heavy (non-hydrogen) atoms. The number of halogens is 1. The molecular weight excluding hydrogens is 488 g/mol. The summed E-state index contributed by atoms with van der Waals surface area (Å²) in [7, 11) is 0. The van der Waals surface area contributed by atoms with Crippen molar-refractivity contribution in [3.05, 3.63) is 144 Å². The first-order valence-electron chi connectivity index (χ1n) is 11.8. The van der Waals surface area contributed by atoms with E-state index in [1.807, 2.05) is 0 Å². The lowest BCUT2D eigenvalue weighted by atomic mass is 9.93. The Morgan fingerprint density at radius 3 is 1.40 bits per heavy atom. The molecule has 0 aromatic heterocycles. The van der Waals surface area contributed by atoms with Crippen LogP contribution < -0.4 is 0 Å². The summed E-state index contributed by atoms with van der Waals surface area (Å²) < 4.78 is 1.16. The zero-order valence-corrected chi connectivity index (χ0v) is 20.7. The fourth-order valence-electron chi connectivity index (χ4n) is 4.92. The first kappa shape index (κ1) is 21.6. The van der Waals surface area contributed by atoms with Crippen molar-refractivity contribution >= 4 is 59.0 Å². The summed E-state index contributed by atoms with van der Waals surface area (Å²) in [6, 6.07) is 49.3. The highest BCUT2D eigenvalue weighted by Crippen LogP contribution is 2.34. The predicted molar refractivity (Wildman–Crippen MR) is 156 cm³/mol. The van der Waals surface area contributed by atoms with Gasteiger partial charge in [0.25, 0.3) is 0 Å². The SMILES string of the molecule is Brc1cc2ccccc2c2ccccc12.c1ccc(-c2cc3ccccc3c3ccccc23)cc1. The highest BCUT2D eigenvalue weighted by molar-refractivity contribution is 9.10. The predicted octanol–water partition coefficient (Wildman–Crippen LogP) is 10.4. The lowest BCUT2D eigenvalue weighted by Crippen LogP contribution is -1.83. The molecule has 0 saturated carbocycles. The minimum absolute atomic E-state index is 1.16. The van der Waals surface area contributed by atoms with Gasteiger partial charge in [-0.05, 0) is 66.3 Å². The van der Waals surface area contributed by atoms with Crippen LogP contribution >= 0.6 is 15.9 Å². The maximum absolute atomic E-state index is 3.62. The molecule has 0 N–H and O–H groups in total. The van der Waals surface area contributed by atoms with Gasteiger partial charge in [-0.25, -0.2) is 0 Å². The zero-order chi connectivity index (χ0) is 23.6. The average Bonchev–Trinajstić information content (AvgIpc) is 2.94. The average molecular weight is 511 g/mol. The highest BCUT2D eigenvalue weighted by Gasteiger charge is 2.07. The van der Waals surface area contributed by atoms with Gasteiger partial charge in [0.2, 0.25) is 0 Å². The van der Waals surface area contributed by atoms with Crippen LogP contribution in [-0.4, -0.2) is 0 Å². The summed E-state index contributed by atoms with van der Waals surface area (Å²) >= 11 is 3.62. The van der Waals surface area contributed by atoms with Crippen LogP contribution in [0.2, 0.25) is 0 Å². The van der Waals surface area contributed by atoms with Crippen molar-refractivity contribution in [2.45, 2.75) is 0 Å². The Hall–Kier alpha value is -3.94. The van der Waals surface area contributed by atoms with E-state index in [-0.39, 0.29) is 0 Å². The van der Waals surface area contributed by atoms with Crippen molar-refractivity contribution in [3.63, 3.8) is 0 Å². The number of benzene rings is 7. The summed E-state index contributed by atoms with van der Waals surface area (Å²) in [5, 5.41) is 10.4. The van der Waals surface area contributed by atoms with E-state index in [9.17, 15) is 0 Å². The van der Waals surface area contributed by atoms with Crippen LogP contribution in [0.15, 0.2) is 144 Å². The third-order valence-corrected chi connectivity index (χ3v) is 7.23. The van der Waals surface area contributed by atoms with Crippen LogP contribution in [0.4, 0.5) is 0 Å². The minimum atomic E-state index is 1.16. The largest absolute Gasteiger partial charge is 0.0622 e. The maximum Gasteiger partial charge on any atom is 0.0260 e. The third-order valence-electron chi connectivity index (χ3n) is 6.57. The molecule has 0 aliphatic heterocycles. The van der Waals surface area contributed by atoms with Crippen molar-refractivity contribution in [3.8, 4) is 11.1 Å². The molecule has 0 saturated heterocycles. The van der Waals surface area contributed by atoms with Gasteiger partial charge in [0.15, 0.2) is 0 Å². The summed E-state index contributed by atoms with van der Waals surface area (Å²) in [6.45, 7) is 0. The first-order chi connectivity index (χ1) is 17.3. The molecule has 0 amide bonds. The molecule has 1 heteroatoms. The second kappa shape index (κ2) is 9.37. The summed E-state index contributed by atoms with van der Waals surface area (Å²) in [5.41, 5.74) is 2.58. The molecule has 0 heterocycles. The molecule has 0 spiro atoms. The van der Waals surface area contributed by atoms with Crippen LogP contribution in [0.1, 0.15) is 0 Å². The Bertz CT molecular complexity index is 1800. The fraction of sp³-hybridized carbons (Fsp3) is 0. The van der Waals surface area contributed by atoms with Gasteiger partial charge in [-0.1, -0.05) is 143 Å². The summed E-state index contributed by atoms with van der Waals surface area (Å²) in [5.74, 6) is 0. The molecule has 0 radical (unpaired) electrons. The Balaban J connectivity index is 0.000000136. The number of hydrogen-bond acceptors (Lipinski definition) is 0.